The zero-order chi connectivity index (χ0) is 25.2. The Balaban J connectivity index is 1.53. The SMILES string of the molecule is CCOc1cc([C@@H]2C(C(=O)c3cc4ccccc4o3)=C(O)C(=O)N2CCCn2ccnc2)ccc1O. The summed E-state index contributed by atoms with van der Waals surface area (Å²) in [5.74, 6) is -1.64. The number of phenolic OH excluding ortho intramolecular Hbond substituents is 1. The van der Waals surface area contributed by atoms with Gasteiger partial charge in [-0.2, -0.15) is 0 Å². The number of hydrogen-bond donors (Lipinski definition) is 2. The number of amides is 1. The number of furan rings is 1. The molecule has 4 aromatic rings. The Morgan fingerprint density at radius 1 is 1.14 bits per heavy atom. The molecule has 0 fully saturated rings. The van der Waals surface area contributed by atoms with E-state index >= 15 is 0 Å². The molecule has 2 aromatic carbocycles. The number of aromatic hydroxyl groups is 1. The molecule has 0 saturated carbocycles. The first-order chi connectivity index (χ1) is 17.5. The van der Waals surface area contributed by atoms with Gasteiger partial charge in [0, 0.05) is 30.9 Å². The Hall–Kier alpha value is -4.53. The fraction of sp³-hybridized carbons (Fsp3) is 0.222. The fourth-order valence-corrected chi connectivity index (χ4v) is 4.50. The van der Waals surface area contributed by atoms with Crippen molar-refractivity contribution in [2.75, 3.05) is 13.2 Å². The summed E-state index contributed by atoms with van der Waals surface area (Å²) in [5, 5.41) is 21.8. The van der Waals surface area contributed by atoms with Gasteiger partial charge in [0.1, 0.15) is 5.58 Å². The predicted molar refractivity (Wildman–Crippen MR) is 131 cm³/mol. The molecule has 0 spiro atoms. The van der Waals surface area contributed by atoms with Crippen molar-refractivity contribution in [3.63, 3.8) is 0 Å². The van der Waals surface area contributed by atoms with Gasteiger partial charge in [-0.05, 0) is 43.2 Å². The molecule has 1 aliphatic heterocycles. The van der Waals surface area contributed by atoms with E-state index in [1.807, 2.05) is 22.9 Å². The van der Waals surface area contributed by atoms with Gasteiger partial charge in [0.2, 0.25) is 5.78 Å². The smallest absolute Gasteiger partial charge is 0.290 e. The van der Waals surface area contributed by atoms with Crippen molar-refractivity contribution in [2.24, 2.45) is 0 Å². The summed E-state index contributed by atoms with van der Waals surface area (Å²) in [4.78, 5) is 32.4. The molecule has 0 unspecified atom stereocenters. The third kappa shape index (κ3) is 4.19. The minimum atomic E-state index is -0.888. The van der Waals surface area contributed by atoms with Gasteiger partial charge < -0.3 is 28.8 Å². The lowest BCUT2D eigenvalue weighted by molar-refractivity contribution is -0.129. The number of nitrogens with zero attached hydrogens (tertiary/aromatic N) is 3. The number of ketones is 1. The number of hydrogen-bond acceptors (Lipinski definition) is 7. The molecule has 3 heterocycles. The number of fused-ring (bicyclic) bond motifs is 1. The van der Waals surface area contributed by atoms with Crippen molar-refractivity contribution >= 4 is 22.7 Å². The number of aromatic nitrogens is 2. The van der Waals surface area contributed by atoms with Crippen LogP contribution < -0.4 is 4.74 Å². The highest BCUT2D eigenvalue weighted by atomic mass is 16.5. The number of carbonyl (C=O) groups is 2. The molecule has 0 radical (unpaired) electrons. The molecule has 0 aliphatic carbocycles. The topological polar surface area (TPSA) is 118 Å². The highest BCUT2D eigenvalue weighted by molar-refractivity contribution is 6.16. The number of carbonyl (C=O) groups excluding carboxylic acids is 2. The minimum Gasteiger partial charge on any atom is -0.504 e. The summed E-state index contributed by atoms with van der Waals surface area (Å²) in [6, 6.07) is 12.6. The highest BCUT2D eigenvalue weighted by Crippen LogP contribution is 2.42. The monoisotopic (exact) mass is 487 g/mol. The van der Waals surface area contributed by atoms with Crippen LogP contribution >= 0.6 is 0 Å². The number of imidazole rings is 1. The maximum absolute atomic E-state index is 13.7. The van der Waals surface area contributed by atoms with Crippen LogP contribution in [0, 0.1) is 0 Å². The van der Waals surface area contributed by atoms with E-state index < -0.39 is 23.5 Å². The van der Waals surface area contributed by atoms with E-state index in [-0.39, 0.29) is 29.4 Å². The lowest BCUT2D eigenvalue weighted by atomic mass is 9.94. The number of benzene rings is 2. The lowest BCUT2D eigenvalue weighted by Gasteiger charge is -2.27. The molecule has 1 amide bonds. The lowest BCUT2D eigenvalue weighted by Crippen LogP contribution is -2.32. The normalized spacial score (nSPS) is 15.8. The summed E-state index contributed by atoms with van der Waals surface area (Å²) in [6.45, 7) is 2.98. The molecule has 184 valence electrons. The molecule has 36 heavy (non-hydrogen) atoms. The van der Waals surface area contributed by atoms with Gasteiger partial charge in [0.05, 0.1) is 24.5 Å². The van der Waals surface area contributed by atoms with E-state index in [4.69, 9.17) is 9.15 Å². The van der Waals surface area contributed by atoms with Crippen molar-refractivity contribution < 1.29 is 29.0 Å². The minimum absolute atomic E-state index is 0.0274. The first-order valence-corrected chi connectivity index (χ1v) is 11.7. The Morgan fingerprint density at radius 2 is 1.97 bits per heavy atom. The molecule has 2 N–H and O–H groups in total. The Labute approximate surface area is 206 Å². The van der Waals surface area contributed by atoms with E-state index in [0.717, 1.165) is 5.39 Å². The van der Waals surface area contributed by atoms with E-state index in [1.165, 1.54) is 11.0 Å². The Morgan fingerprint density at radius 3 is 2.72 bits per heavy atom. The van der Waals surface area contributed by atoms with Crippen molar-refractivity contribution in [1.82, 2.24) is 14.5 Å². The molecular formula is C27H25N3O6. The molecule has 0 bridgehead atoms. The number of aliphatic hydroxyl groups excluding tert-OH is 1. The maximum atomic E-state index is 13.7. The van der Waals surface area contributed by atoms with Crippen molar-refractivity contribution in [2.45, 2.75) is 25.9 Å². The zero-order valence-corrected chi connectivity index (χ0v) is 19.6. The fourth-order valence-electron chi connectivity index (χ4n) is 4.50. The van der Waals surface area contributed by atoms with Crippen LogP contribution in [0.1, 0.15) is 35.5 Å². The molecule has 9 nitrogen and oxygen atoms in total. The molecular weight excluding hydrogens is 462 g/mol. The van der Waals surface area contributed by atoms with Crippen molar-refractivity contribution in [1.29, 1.82) is 0 Å². The van der Waals surface area contributed by atoms with Crippen LogP contribution in [0.4, 0.5) is 0 Å². The second-order valence-corrected chi connectivity index (χ2v) is 8.46. The summed E-state index contributed by atoms with van der Waals surface area (Å²) in [5.41, 5.74) is 0.979. The van der Waals surface area contributed by atoms with Crippen molar-refractivity contribution in [3.05, 3.63) is 89.9 Å². The van der Waals surface area contributed by atoms with Gasteiger partial charge in [-0.3, -0.25) is 9.59 Å². The molecule has 2 aromatic heterocycles. The van der Waals surface area contributed by atoms with Crippen molar-refractivity contribution in [3.8, 4) is 11.5 Å². The molecule has 0 saturated heterocycles. The van der Waals surface area contributed by atoms with Crippen LogP contribution in [-0.4, -0.2) is 49.5 Å². The van der Waals surface area contributed by atoms with Gasteiger partial charge in [-0.15, -0.1) is 0 Å². The molecule has 1 aliphatic rings. The largest absolute Gasteiger partial charge is 0.504 e. The van der Waals surface area contributed by atoms with Crippen LogP contribution in [0.5, 0.6) is 11.5 Å². The van der Waals surface area contributed by atoms with Gasteiger partial charge in [0.25, 0.3) is 5.91 Å². The molecule has 1 atom stereocenters. The van der Waals surface area contributed by atoms with Crippen LogP contribution in [0.3, 0.4) is 0 Å². The van der Waals surface area contributed by atoms with Gasteiger partial charge >= 0.3 is 0 Å². The van der Waals surface area contributed by atoms with Gasteiger partial charge in [0.15, 0.2) is 23.0 Å². The van der Waals surface area contributed by atoms with Crippen LogP contribution in [-0.2, 0) is 11.3 Å². The third-order valence-corrected chi connectivity index (χ3v) is 6.17. The number of aliphatic hydroxyl groups is 1. The average molecular weight is 488 g/mol. The van der Waals surface area contributed by atoms with E-state index in [0.29, 0.717) is 30.7 Å². The van der Waals surface area contributed by atoms with E-state index in [9.17, 15) is 19.8 Å². The second-order valence-electron chi connectivity index (χ2n) is 8.46. The Bertz CT molecular complexity index is 1420. The summed E-state index contributed by atoms with van der Waals surface area (Å²) in [7, 11) is 0. The first-order valence-electron chi connectivity index (χ1n) is 11.7. The van der Waals surface area contributed by atoms with Crippen LogP contribution in [0.15, 0.2) is 83.0 Å². The highest BCUT2D eigenvalue weighted by Gasteiger charge is 2.44. The van der Waals surface area contributed by atoms with Crippen LogP contribution in [0.2, 0.25) is 0 Å². The number of rotatable bonds is 9. The summed E-state index contributed by atoms with van der Waals surface area (Å²) in [6.07, 6.45) is 5.75. The van der Waals surface area contributed by atoms with Gasteiger partial charge in [-0.25, -0.2) is 4.98 Å². The van der Waals surface area contributed by atoms with E-state index in [1.54, 1.807) is 49.8 Å². The Kier molecular flexibility index (Phi) is 6.20. The summed E-state index contributed by atoms with van der Waals surface area (Å²) < 4.78 is 13.2. The van der Waals surface area contributed by atoms with Gasteiger partial charge in [-0.1, -0.05) is 24.3 Å². The quantitative estimate of drug-likeness (QED) is 0.336. The zero-order valence-electron chi connectivity index (χ0n) is 19.6. The number of para-hydroxylation sites is 1. The second kappa shape index (κ2) is 9.61. The molecule has 9 heteroatoms. The third-order valence-electron chi connectivity index (χ3n) is 6.17. The average Bonchev–Trinajstić information content (AvgIpc) is 3.60. The predicted octanol–water partition coefficient (Wildman–Crippen LogP) is 4.40. The maximum Gasteiger partial charge on any atom is 0.290 e. The van der Waals surface area contributed by atoms with Crippen LogP contribution in [0.25, 0.3) is 11.0 Å². The number of aryl methyl sites for hydroxylation is 1. The first kappa shape index (κ1) is 23.2. The number of ether oxygens (including phenoxy) is 1. The number of phenols is 1. The standard InChI is InChI=1S/C27H25N3O6/c1-2-35-21-15-18(8-9-19(21)31)24-23(25(32)22-14-17-6-3-4-7-20(17)36-22)26(33)27(34)30(24)12-5-11-29-13-10-28-16-29/h3-4,6-10,13-16,24,31,33H,2,5,11-12H2,1H3/t24-/m1/s1. The summed E-state index contributed by atoms with van der Waals surface area (Å²) >= 11 is 0. The van der Waals surface area contributed by atoms with E-state index in [2.05, 4.69) is 4.98 Å². The molecule has 5 rings (SSSR count). The number of Topliss-reactive ketones (excluding diaryl/α,β-unsaturated/α-hetero) is 1.